The number of nitrogens with zero attached hydrogens (tertiary/aromatic N) is 3. The molecule has 0 unspecified atom stereocenters. The molecule has 0 spiro atoms. The Hall–Kier alpha value is -3.47. The number of rotatable bonds is 5. The molecule has 2 aliphatic rings. The van der Waals surface area contributed by atoms with Crippen LogP contribution in [0.3, 0.4) is 0 Å². The van der Waals surface area contributed by atoms with Crippen LogP contribution in [0, 0.1) is 5.92 Å². The molecular weight excluding hydrogens is 410 g/mol. The van der Waals surface area contributed by atoms with Gasteiger partial charge in [-0.1, -0.05) is 54.6 Å². The molecule has 5 heteroatoms. The van der Waals surface area contributed by atoms with Crippen molar-refractivity contribution in [3.05, 3.63) is 90.0 Å². The molecule has 3 aromatic carbocycles. The molecular formula is C28H31N3O2. The van der Waals surface area contributed by atoms with Crippen molar-refractivity contribution in [2.45, 2.75) is 19.0 Å². The number of anilines is 2. The lowest BCUT2D eigenvalue weighted by molar-refractivity contribution is -0.135. The number of amides is 1. The minimum Gasteiger partial charge on any atom is -0.497 e. The van der Waals surface area contributed by atoms with Gasteiger partial charge in [0.05, 0.1) is 19.1 Å². The maximum Gasteiger partial charge on any atom is 0.228 e. The largest absolute Gasteiger partial charge is 0.497 e. The summed E-state index contributed by atoms with van der Waals surface area (Å²) < 4.78 is 5.52. The van der Waals surface area contributed by atoms with Crippen molar-refractivity contribution in [1.29, 1.82) is 0 Å². The molecule has 0 radical (unpaired) electrons. The molecule has 5 rings (SSSR count). The summed E-state index contributed by atoms with van der Waals surface area (Å²) >= 11 is 0. The molecule has 0 aliphatic carbocycles. The van der Waals surface area contributed by atoms with Gasteiger partial charge in [0.25, 0.3) is 0 Å². The first-order valence-corrected chi connectivity index (χ1v) is 11.7. The SMILES string of the molecule is COc1ccc2c(c1)N1CCN(c3ccccc3)C[C@@H]1[C@H](C(=O)N(C)Cc1ccccc1)C2. The molecule has 1 saturated heterocycles. The minimum absolute atomic E-state index is 0.0916. The fourth-order valence-corrected chi connectivity index (χ4v) is 5.28. The van der Waals surface area contributed by atoms with Gasteiger partial charge in [-0.05, 0) is 35.7 Å². The van der Waals surface area contributed by atoms with Crippen molar-refractivity contribution in [3.63, 3.8) is 0 Å². The molecule has 5 nitrogen and oxygen atoms in total. The molecule has 2 aliphatic heterocycles. The van der Waals surface area contributed by atoms with Crippen LogP contribution in [0.2, 0.25) is 0 Å². The summed E-state index contributed by atoms with van der Waals surface area (Å²) in [5, 5.41) is 0. The van der Waals surface area contributed by atoms with Crippen LogP contribution in [0.15, 0.2) is 78.9 Å². The maximum atomic E-state index is 13.8. The second kappa shape index (κ2) is 9.18. The highest BCUT2D eigenvalue weighted by molar-refractivity contribution is 5.82. The van der Waals surface area contributed by atoms with Crippen LogP contribution < -0.4 is 14.5 Å². The molecule has 1 amide bonds. The number of ether oxygens (including phenoxy) is 1. The number of methoxy groups -OCH3 is 1. The summed E-state index contributed by atoms with van der Waals surface area (Å²) in [7, 11) is 3.64. The zero-order chi connectivity index (χ0) is 22.8. The van der Waals surface area contributed by atoms with Gasteiger partial charge < -0.3 is 19.4 Å². The molecule has 2 atom stereocenters. The minimum atomic E-state index is -0.0916. The molecule has 2 heterocycles. The van der Waals surface area contributed by atoms with E-state index in [1.165, 1.54) is 16.9 Å². The third-order valence-corrected chi connectivity index (χ3v) is 7.00. The van der Waals surface area contributed by atoms with E-state index in [2.05, 4.69) is 58.3 Å². The monoisotopic (exact) mass is 441 g/mol. The fourth-order valence-electron chi connectivity index (χ4n) is 5.28. The number of carbonyl (C=O) groups is 1. The summed E-state index contributed by atoms with van der Waals surface area (Å²) in [5.41, 5.74) is 4.81. The van der Waals surface area contributed by atoms with E-state index >= 15 is 0 Å². The first kappa shape index (κ1) is 21.4. The number of benzene rings is 3. The van der Waals surface area contributed by atoms with Crippen molar-refractivity contribution in [2.75, 3.05) is 43.6 Å². The number of hydrogen-bond acceptors (Lipinski definition) is 4. The molecule has 0 aromatic heterocycles. The highest BCUT2D eigenvalue weighted by Gasteiger charge is 2.42. The van der Waals surface area contributed by atoms with E-state index in [1.54, 1.807) is 7.11 Å². The van der Waals surface area contributed by atoms with Crippen molar-refractivity contribution in [1.82, 2.24) is 4.90 Å². The van der Waals surface area contributed by atoms with Gasteiger partial charge in [-0.3, -0.25) is 4.79 Å². The smallest absolute Gasteiger partial charge is 0.228 e. The Balaban J connectivity index is 1.45. The van der Waals surface area contributed by atoms with Crippen LogP contribution in [-0.2, 0) is 17.8 Å². The first-order chi connectivity index (χ1) is 16.1. The predicted octanol–water partition coefficient (Wildman–Crippen LogP) is 4.22. The highest BCUT2D eigenvalue weighted by Crippen LogP contribution is 2.39. The molecule has 0 N–H and O–H groups in total. The van der Waals surface area contributed by atoms with Gasteiger partial charge in [0, 0.05) is 50.7 Å². The summed E-state index contributed by atoms with van der Waals surface area (Å²) in [4.78, 5) is 20.6. The van der Waals surface area contributed by atoms with Crippen LogP contribution in [0.4, 0.5) is 11.4 Å². The van der Waals surface area contributed by atoms with Crippen LogP contribution in [0.1, 0.15) is 11.1 Å². The topological polar surface area (TPSA) is 36.0 Å². The number of fused-ring (bicyclic) bond motifs is 3. The summed E-state index contributed by atoms with van der Waals surface area (Å²) in [5.74, 6) is 0.986. The molecule has 0 saturated carbocycles. The zero-order valence-electron chi connectivity index (χ0n) is 19.4. The standard InChI is InChI=1S/C28H31N3O2/c1-29(19-21-9-5-3-6-10-21)28(32)25-17-22-13-14-24(33-2)18-26(22)31-16-15-30(20-27(25)31)23-11-7-4-8-12-23/h3-14,18,25,27H,15-17,19-20H2,1-2H3/t25-,27-/m1/s1. The van der Waals surface area contributed by atoms with Crippen molar-refractivity contribution < 1.29 is 9.53 Å². The van der Waals surface area contributed by atoms with Gasteiger partial charge in [-0.25, -0.2) is 0 Å². The van der Waals surface area contributed by atoms with E-state index in [0.717, 1.165) is 37.4 Å². The number of piperazine rings is 1. The Bertz CT molecular complexity index is 1100. The van der Waals surface area contributed by atoms with E-state index in [1.807, 2.05) is 42.3 Å². The van der Waals surface area contributed by atoms with E-state index < -0.39 is 0 Å². The predicted molar refractivity (Wildman–Crippen MR) is 133 cm³/mol. The highest BCUT2D eigenvalue weighted by atomic mass is 16.5. The maximum absolute atomic E-state index is 13.8. The lowest BCUT2D eigenvalue weighted by Gasteiger charge is -2.50. The van der Waals surface area contributed by atoms with Gasteiger partial charge >= 0.3 is 0 Å². The quantitative estimate of drug-likeness (QED) is 0.594. The molecule has 3 aromatic rings. The Morgan fingerprint density at radius 1 is 1.00 bits per heavy atom. The van der Waals surface area contributed by atoms with Gasteiger partial charge in [0.1, 0.15) is 5.75 Å². The average Bonchev–Trinajstić information content (AvgIpc) is 2.88. The summed E-state index contributed by atoms with van der Waals surface area (Å²) in [6.45, 7) is 3.26. The average molecular weight is 442 g/mol. The molecule has 1 fully saturated rings. The number of para-hydroxylation sites is 1. The Morgan fingerprint density at radius 3 is 2.45 bits per heavy atom. The van der Waals surface area contributed by atoms with Crippen molar-refractivity contribution in [2.24, 2.45) is 5.92 Å². The Labute approximate surface area is 196 Å². The summed E-state index contributed by atoms with van der Waals surface area (Å²) in [6, 6.07) is 27.1. The molecule has 170 valence electrons. The Kier molecular flexibility index (Phi) is 5.95. The summed E-state index contributed by atoms with van der Waals surface area (Å²) in [6.07, 6.45) is 0.751. The zero-order valence-corrected chi connectivity index (χ0v) is 19.4. The molecule has 33 heavy (non-hydrogen) atoms. The van der Waals surface area contributed by atoms with Crippen LogP contribution in [0.25, 0.3) is 0 Å². The molecule has 0 bridgehead atoms. The van der Waals surface area contributed by atoms with Crippen molar-refractivity contribution in [3.8, 4) is 5.75 Å². The van der Waals surface area contributed by atoms with E-state index in [4.69, 9.17) is 4.74 Å². The van der Waals surface area contributed by atoms with Crippen LogP contribution >= 0.6 is 0 Å². The fraction of sp³-hybridized carbons (Fsp3) is 0.321. The third kappa shape index (κ3) is 4.28. The normalized spacial score (nSPS) is 19.5. The lowest BCUT2D eigenvalue weighted by atomic mass is 9.82. The Morgan fingerprint density at radius 2 is 1.73 bits per heavy atom. The van der Waals surface area contributed by atoms with E-state index in [-0.39, 0.29) is 17.9 Å². The number of hydrogen-bond donors (Lipinski definition) is 0. The van der Waals surface area contributed by atoms with Gasteiger partial charge in [-0.2, -0.15) is 0 Å². The van der Waals surface area contributed by atoms with Gasteiger partial charge in [0.15, 0.2) is 0 Å². The van der Waals surface area contributed by atoms with Crippen LogP contribution in [-0.4, -0.2) is 50.6 Å². The van der Waals surface area contributed by atoms with Crippen LogP contribution in [0.5, 0.6) is 5.75 Å². The first-order valence-electron chi connectivity index (χ1n) is 11.7. The third-order valence-electron chi connectivity index (χ3n) is 7.00. The van der Waals surface area contributed by atoms with Crippen molar-refractivity contribution >= 4 is 17.3 Å². The lowest BCUT2D eigenvalue weighted by Crippen LogP contribution is -2.61. The van der Waals surface area contributed by atoms with Gasteiger partial charge in [-0.15, -0.1) is 0 Å². The van der Waals surface area contributed by atoms with E-state index in [0.29, 0.717) is 6.54 Å². The van der Waals surface area contributed by atoms with E-state index in [9.17, 15) is 4.79 Å². The second-order valence-electron chi connectivity index (χ2n) is 9.03. The van der Waals surface area contributed by atoms with Gasteiger partial charge in [0.2, 0.25) is 5.91 Å². The number of carbonyl (C=O) groups excluding carboxylic acids is 1. The second-order valence-corrected chi connectivity index (χ2v) is 9.03.